The molecular formula is C14H21N5OS. The first-order chi connectivity index (χ1) is 9.82. The van der Waals surface area contributed by atoms with E-state index >= 15 is 0 Å². The average molecular weight is 307 g/mol. The largest absolute Gasteiger partial charge is 0.281 e. The predicted octanol–water partition coefficient (Wildman–Crippen LogP) is 2.79. The number of hydrogen-bond acceptors (Lipinski definition) is 4. The van der Waals surface area contributed by atoms with Gasteiger partial charge in [-0.1, -0.05) is 34.1 Å². The van der Waals surface area contributed by atoms with Crippen molar-refractivity contribution in [2.24, 2.45) is 0 Å². The van der Waals surface area contributed by atoms with Gasteiger partial charge in [0.05, 0.1) is 11.3 Å². The number of aryl methyl sites for hydroxylation is 1. The highest BCUT2D eigenvalue weighted by Gasteiger charge is 2.21. The predicted molar refractivity (Wildman–Crippen MR) is 84.9 cm³/mol. The SMILES string of the molecule is CCCCn1nc(C(C)(C)C)cc(-c2nc(=S)[nH][nH]2)c1=O. The van der Waals surface area contributed by atoms with Crippen LogP contribution in [0, 0.1) is 4.77 Å². The second-order valence-corrected chi connectivity index (χ2v) is 6.48. The van der Waals surface area contributed by atoms with E-state index in [0.29, 0.717) is 22.7 Å². The van der Waals surface area contributed by atoms with Gasteiger partial charge in [-0.25, -0.2) is 4.68 Å². The molecule has 0 spiro atoms. The first-order valence-corrected chi connectivity index (χ1v) is 7.51. The maximum atomic E-state index is 12.6. The zero-order valence-corrected chi connectivity index (χ0v) is 13.7. The van der Waals surface area contributed by atoms with Gasteiger partial charge in [0.1, 0.15) is 0 Å². The molecule has 0 saturated heterocycles. The van der Waals surface area contributed by atoms with Crippen molar-refractivity contribution in [3.05, 3.63) is 26.9 Å². The summed E-state index contributed by atoms with van der Waals surface area (Å²) in [5, 5.41) is 10.1. The monoisotopic (exact) mass is 307 g/mol. The summed E-state index contributed by atoms with van der Waals surface area (Å²) >= 11 is 4.96. The molecular weight excluding hydrogens is 286 g/mol. The summed E-state index contributed by atoms with van der Waals surface area (Å²) < 4.78 is 1.86. The Kier molecular flexibility index (Phi) is 4.41. The van der Waals surface area contributed by atoms with E-state index < -0.39 is 0 Å². The van der Waals surface area contributed by atoms with Crippen LogP contribution in [0.15, 0.2) is 10.9 Å². The van der Waals surface area contributed by atoms with Crippen LogP contribution in [-0.4, -0.2) is 25.0 Å². The van der Waals surface area contributed by atoms with Gasteiger partial charge >= 0.3 is 0 Å². The molecule has 0 unspecified atom stereocenters. The molecule has 0 radical (unpaired) electrons. The van der Waals surface area contributed by atoms with E-state index in [4.69, 9.17) is 12.2 Å². The minimum absolute atomic E-state index is 0.144. The molecule has 0 atom stereocenters. The third kappa shape index (κ3) is 3.47. The fraction of sp³-hybridized carbons (Fsp3) is 0.571. The van der Waals surface area contributed by atoms with Crippen molar-refractivity contribution in [3.8, 4) is 11.4 Å². The summed E-state index contributed by atoms with van der Waals surface area (Å²) in [6.07, 6.45) is 1.92. The summed E-state index contributed by atoms with van der Waals surface area (Å²) in [5.41, 5.74) is 1.06. The molecule has 0 fully saturated rings. The van der Waals surface area contributed by atoms with Gasteiger partial charge < -0.3 is 0 Å². The average Bonchev–Trinajstić information content (AvgIpc) is 2.82. The Labute approximate surface area is 128 Å². The van der Waals surface area contributed by atoms with Gasteiger partial charge in [-0.15, -0.1) is 0 Å². The highest BCUT2D eigenvalue weighted by molar-refractivity contribution is 7.71. The molecule has 2 rings (SSSR count). The van der Waals surface area contributed by atoms with Gasteiger partial charge in [0.25, 0.3) is 5.56 Å². The molecule has 6 nitrogen and oxygen atoms in total. The van der Waals surface area contributed by atoms with Crippen LogP contribution < -0.4 is 5.56 Å². The zero-order chi connectivity index (χ0) is 15.6. The van der Waals surface area contributed by atoms with Crippen LogP contribution in [0.1, 0.15) is 46.2 Å². The number of aromatic amines is 2. The Morgan fingerprint density at radius 1 is 1.33 bits per heavy atom. The molecule has 0 aliphatic heterocycles. The van der Waals surface area contributed by atoms with Crippen LogP contribution in [0.3, 0.4) is 0 Å². The number of nitrogens with one attached hydrogen (secondary N) is 2. The maximum absolute atomic E-state index is 12.6. The van der Waals surface area contributed by atoms with E-state index in [9.17, 15) is 4.79 Å². The summed E-state index contributed by atoms with van der Waals surface area (Å²) in [6, 6.07) is 1.80. The van der Waals surface area contributed by atoms with Crippen LogP contribution >= 0.6 is 12.2 Å². The van der Waals surface area contributed by atoms with Crippen molar-refractivity contribution in [1.29, 1.82) is 0 Å². The molecule has 114 valence electrons. The number of nitrogens with zero attached hydrogens (tertiary/aromatic N) is 3. The minimum Gasteiger partial charge on any atom is -0.281 e. The van der Waals surface area contributed by atoms with Gasteiger partial charge in [-0.3, -0.25) is 15.0 Å². The Balaban J connectivity index is 2.63. The van der Waals surface area contributed by atoms with Crippen molar-refractivity contribution in [2.75, 3.05) is 0 Å². The lowest BCUT2D eigenvalue weighted by Crippen LogP contribution is -2.29. The number of H-pyrrole nitrogens is 2. The molecule has 0 saturated carbocycles. The van der Waals surface area contributed by atoms with Crippen LogP contribution in [0.2, 0.25) is 0 Å². The number of unbranched alkanes of at least 4 members (excludes halogenated alkanes) is 1. The van der Waals surface area contributed by atoms with E-state index in [1.807, 2.05) is 0 Å². The Bertz CT molecular complexity index is 735. The molecule has 2 heterocycles. The fourth-order valence-corrected chi connectivity index (χ4v) is 2.08. The second kappa shape index (κ2) is 5.93. The number of aromatic nitrogens is 5. The summed E-state index contributed by atoms with van der Waals surface area (Å²) in [7, 11) is 0. The van der Waals surface area contributed by atoms with E-state index in [0.717, 1.165) is 18.5 Å². The molecule has 7 heteroatoms. The first kappa shape index (κ1) is 15.6. The Hall–Kier alpha value is -1.76. The van der Waals surface area contributed by atoms with Crippen molar-refractivity contribution in [1.82, 2.24) is 25.0 Å². The highest BCUT2D eigenvalue weighted by atomic mass is 32.1. The molecule has 21 heavy (non-hydrogen) atoms. The molecule has 0 aliphatic carbocycles. The van der Waals surface area contributed by atoms with Crippen LogP contribution in [-0.2, 0) is 12.0 Å². The fourth-order valence-electron chi connectivity index (χ4n) is 1.94. The van der Waals surface area contributed by atoms with Crippen molar-refractivity contribution < 1.29 is 0 Å². The van der Waals surface area contributed by atoms with E-state index in [1.165, 1.54) is 4.68 Å². The van der Waals surface area contributed by atoms with Crippen LogP contribution in [0.25, 0.3) is 11.4 Å². The van der Waals surface area contributed by atoms with Crippen molar-refractivity contribution in [3.63, 3.8) is 0 Å². The quantitative estimate of drug-likeness (QED) is 0.851. The second-order valence-electron chi connectivity index (χ2n) is 6.09. The lowest BCUT2D eigenvalue weighted by Gasteiger charge is -2.19. The lowest BCUT2D eigenvalue weighted by atomic mass is 9.91. The molecule has 2 aromatic rings. The smallest absolute Gasteiger partial charge is 0.277 e. The molecule has 0 aromatic carbocycles. The van der Waals surface area contributed by atoms with E-state index in [-0.39, 0.29) is 11.0 Å². The van der Waals surface area contributed by atoms with Crippen molar-refractivity contribution >= 4 is 12.2 Å². The highest BCUT2D eigenvalue weighted by Crippen LogP contribution is 2.22. The number of rotatable bonds is 4. The zero-order valence-electron chi connectivity index (χ0n) is 12.9. The molecule has 0 aliphatic rings. The van der Waals surface area contributed by atoms with Gasteiger partial charge in [0.15, 0.2) is 5.82 Å². The minimum atomic E-state index is -0.149. The third-order valence-electron chi connectivity index (χ3n) is 3.22. The van der Waals surface area contributed by atoms with Gasteiger partial charge in [-0.05, 0) is 24.7 Å². The molecule has 2 aromatic heterocycles. The topological polar surface area (TPSA) is 79.4 Å². The van der Waals surface area contributed by atoms with Gasteiger partial charge in [-0.2, -0.15) is 10.1 Å². The van der Waals surface area contributed by atoms with Crippen LogP contribution in [0.5, 0.6) is 0 Å². The summed E-state index contributed by atoms with van der Waals surface area (Å²) in [5.74, 6) is 0.461. The molecule has 0 bridgehead atoms. The van der Waals surface area contributed by atoms with Gasteiger partial charge in [0, 0.05) is 12.0 Å². The van der Waals surface area contributed by atoms with E-state index in [1.54, 1.807) is 6.07 Å². The molecule has 2 N–H and O–H groups in total. The van der Waals surface area contributed by atoms with Crippen LogP contribution in [0.4, 0.5) is 0 Å². The maximum Gasteiger partial charge on any atom is 0.277 e. The first-order valence-electron chi connectivity index (χ1n) is 7.10. The Morgan fingerprint density at radius 3 is 2.57 bits per heavy atom. The van der Waals surface area contributed by atoms with E-state index in [2.05, 4.69) is 48.0 Å². The third-order valence-corrected chi connectivity index (χ3v) is 3.42. The van der Waals surface area contributed by atoms with Crippen molar-refractivity contribution in [2.45, 2.75) is 52.5 Å². The Morgan fingerprint density at radius 2 is 2.05 bits per heavy atom. The molecule has 0 amide bonds. The number of hydrogen-bond donors (Lipinski definition) is 2. The standard InChI is InChI=1S/C14H21N5OS/c1-5-6-7-19-12(20)9(11-15-13(21)17-16-11)8-10(18-19)14(2,3)4/h8H,5-7H2,1-4H3,(H2,15,16,17,21). The normalized spacial score (nSPS) is 11.8. The lowest BCUT2D eigenvalue weighted by molar-refractivity contribution is 0.487. The summed E-state index contributed by atoms with van der Waals surface area (Å²) in [4.78, 5) is 16.7. The summed E-state index contributed by atoms with van der Waals surface area (Å²) in [6.45, 7) is 8.91. The van der Waals surface area contributed by atoms with Gasteiger partial charge in [0.2, 0.25) is 4.77 Å².